The minimum Gasteiger partial charge on any atom is -0.489 e. The Hall–Kier alpha value is -3.46. The highest BCUT2D eigenvalue weighted by molar-refractivity contribution is 5.73. The number of carboxylic acids is 2. The second kappa shape index (κ2) is 14.1. The predicted molar refractivity (Wildman–Crippen MR) is 123 cm³/mol. The van der Waals surface area contributed by atoms with E-state index in [2.05, 4.69) is 27.0 Å². The molecular weight excluding hydrogens is 540 g/mol. The van der Waals surface area contributed by atoms with Gasteiger partial charge in [-0.15, -0.1) is 0 Å². The molecule has 15 heteroatoms. The van der Waals surface area contributed by atoms with E-state index in [1.54, 1.807) is 12.4 Å². The lowest BCUT2D eigenvalue weighted by Gasteiger charge is -2.38. The van der Waals surface area contributed by atoms with Crippen molar-refractivity contribution in [2.75, 3.05) is 26.3 Å². The fraction of sp³-hybridized carbons (Fsp3) is 0.500. The molecule has 0 saturated carbocycles. The number of hydrogen-bond acceptors (Lipinski definition) is 7. The van der Waals surface area contributed by atoms with Crippen molar-refractivity contribution in [2.45, 2.75) is 44.3 Å². The summed E-state index contributed by atoms with van der Waals surface area (Å²) in [6.07, 6.45) is -1.09. The average molecular weight is 567 g/mol. The van der Waals surface area contributed by atoms with Crippen molar-refractivity contribution < 1.29 is 55.6 Å². The molecule has 9 nitrogen and oxygen atoms in total. The van der Waals surface area contributed by atoms with Gasteiger partial charge in [0.2, 0.25) is 0 Å². The number of hydrogen-bond donors (Lipinski definition) is 2. The van der Waals surface area contributed by atoms with Crippen LogP contribution < -0.4 is 4.74 Å². The second-order valence-electron chi connectivity index (χ2n) is 8.84. The Bertz CT molecular complexity index is 1010. The van der Waals surface area contributed by atoms with E-state index in [-0.39, 0.29) is 6.10 Å². The molecule has 2 aliphatic rings. The van der Waals surface area contributed by atoms with Gasteiger partial charge in [0.05, 0.1) is 24.6 Å². The van der Waals surface area contributed by atoms with E-state index in [9.17, 15) is 26.3 Å². The van der Waals surface area contributed by atoms with Crippen LogP contribution in [0.1, 0.15) is 25.0 Å². The monoisotopic (exact) mass is 567 g/mol. The number of nitrogens with zero attached hydrogens (tertiary/aromatic N) is 3. The average Bonchev–Trinajstić information content (AvgIpc) is 3.28. The van der Waals surface area contributed by atoms with E-state index in [1.165, 1.54) is 12.8 Å². The van der Waals surface area contributed by atoms with E-state index < -0.39 is 24.3 Å². The third kappa shape index (κ3) is 11.4. The first-order valence-corrected chi connectivity index (χ1v) is 11.6. The molecule has 2 aliphatic heterocycles. The number of aliphatic carboxylic acids is 2. The Kier molecular flexibility index (Phi) is 11.5. The second-order valence-corrected chi connectivity index (χ2v) is 8.84. The fourth-order valence-corrected chi connectivity index (χ4v) is 3.88. The van der Waals surface area contributed by atoms with Crippen molar-refractivity contribution in [1.29, 1.82) is 0 Å². The third-order valence-electron chi connectivity index (χ3n) is 5.87. The van der Waals surface area contributed by atoms with E-state index >= 15 is 0 Å². The van der Waals surface area contributed by atoms with Crippen molar-refractivity contribution >= 4 is 11.9 Å². The number of pyridine rings is 2. The van der Waals surface area contributed by atoms with Crippen LogP contribution in [0.25, 0.3) is 0 Å². The fourth-order valence-electron chi connectivity index (χ4n) is 3.88. The molecule has 39 heavy (non-hydrogen) atoms. The highest BCUT2D eigenvalue weighted by atomic mass is 19.4. The number of halogens is 6. The Labute approximate surface area is 219 Å². The van der Waals surface area contributed by atoms with Crippen LogP contribution in [0.5, 0.6) is 5.75 Å². The summed E-state index contributed by atoms with van der Waals surface area (Å²) >= 11 is 0. The largest absolute Gasteiger partial charge is 0.490 e. The summed E-state index contributed by atoms with van der Waals surface area (Å²) in [6, 6.07) is 9.97. The molecule has 2 fully saturated rings. The van der Waals surface area contributed by atoms with E-state index in [0.29, 0.717) is 12.0 Å². The lowest BCUT2D eigenvalue weighted by Crippen LogP contribution is -2.40. The zero-order valence-electron chi connectivity index (χ0n) is 20.5. The number of likely N-dealkylation sites (tertiary alicyclic amines) is 1. The first kappa shape index (κ1) is 31.8. The van der Waals surface area contributed by atoms with Crippen LogP contribution in [0.15, 0.2) is 48.9 Å². The maximum absolute atomic E-state index is 10.6. The van der Waals surface area contributed by atoms with Crippen LogP contribution in [0, 0.1) is 5.41 Å². The summed E-state index contributed by atoms with van der Waals surface area (Å²) < 4.78 is 75.3. The van der Waals surface area contributed by atoms with Gasteiger partial charge in [-0.25, -0.2) is 9.59 Å². The molecule has 0 bridgehead atoms. The highest BCUT2D eigenvalue weighted by Crippen LogP contribution is 2.42. The van der Waals surface area contributed by atoms with Crippen molar-refractivity contribution in [3.8, 4) is 5.75 Å². The first-order valence-electron chi connectivity index (χ1n) is 11.6. The van der Waals surface area contributed by atoms with Gasteiger partial charge in [-0.3, -0.25) is 14.9 Å². The summed E-state index contributed by atoms with van der Waals surface area (Å²) in [5.74, 6) is -4.70. The van der Waals surface area contributed by atoms with Gasteiger partial charge in [-0.2, -0.15) is 26.3 Å². The molecule has 1 unspecified atom stereocenters. The molecule has 2 N–H and O–H groups in total. The third-order valence-corrected chi connectivity index (χ3v) is 5.87. The highest BCUT2D eigenvalue weighted by Gasteiger charge is 2.42. The van der Waals surface area contributed by atoms with Crippen LogP contribution in [0.3, 0.4) is 0 Å². The minimum atomic E-state index is -5.08. The summed E-state index contributed by atoms with van der Waals surface area (Å²) in [6.45, 7) is 4.67. The van der Waals surface area contributed by atoms with Gasteiger partial charge >= 0.3 is 24.3 Å². The zero-order valence-corrected chi connectivity index (χ0v) is 20.5. The molecule has 2 saturated heterocycles. The smallest absolute Gasteiger partial charge is 0.489 e. The van der Waals surface area contributed by atoms with E-state index in [4.69, 9.17) is 29.3 Å². The maximum Gasteiger partial charge on any atom is 0.490 e. The Balaban J connectivity index is 0.000000317. The van der Waals surface area contributed by atoms with Gasteiger partial charge in [0.15, 0.2) is 0 Å². The zero-order chi connectivity index (χ0) is 29.1. The van der Waals surface area contributed by atoms with Gasteiger partial charge in [0.1, 0.15) is 12.4 Å². The number of aromatic nitrogens is 2. The van der Waals surface area contributed by atoms with Gasteiger partial charge in [-0.05, 0) is 62.0 Å². The van der Waals surface area contributed by atoms with Crippen molar-refractivity contribution in [3.05, 3.63) is 54.6 Å². The molecule has 0 aromatic carbocycles. The maximum atomic E-state index is 10.6. The van der Waals surface area contributed by atoms with Crippen molar-refractivity contribution in [3.63, 3.8) is 0 Å². The Morgan fingerprint density at radius 1 is 1.00 bits per heavy atom. The quantitative estimate of drug-likeness (QED) is 0.512. The molecule has 0 radical (unpaired) electrons. The number of rotatable bonds is 5. The van der Waals surface area contributed by atoms with Gasteiger partial charge < -0.3 is 19.7 Å². The standard InChI is InChI=1S/C20H25N3O2.2C2HF3O2/c1-2-9-22-17(4-1)14-23-10-6-20(7-11-23)12-19(25-16-20)15-24-18-5-3-8-21-13-18;2*3-2(4,5)1(6)7/h1-5,8-9,13,19H,6-7,10-12,14-16H2;2*(H,6,7). The van der Waals surface area contributed by atoms with Crippen LogP contribution >= 0.6 is 0 Å². The Morgan fingerprint density at radius 3 is 2.10 bits per heavy atom. The summed E-state index contributed by atoms with van der Waals surface area (Å²) in [4.78, 5) is 28.8. The summed E-state index contributed by atoms with van der Waals surface area (Å²) in [7, 11) is 0. The van der Waals surface area contributed by atoms with E-state index in [0.717, 1.165) is 44.1 Å². The molecule has 1 atom stereocenters. The number of piperidine rings is 1. The predicted octanol–water partition coefficient (Wildman–Crippen LogP) is 4.19. The summed E-state index contributed by atoms with van der Waals surface area (Å²) in [5, 5.41) is 14.2. The van der Waals surface area contributed by atoms with Crippen molar-refractivity contribution in [2.24, 2.45) is 5.41 Å². The number of alkyl halides is 6. The topological polar surface area (TPSA) is 122 Å². The van der Waals surface area contributed by atoms with Crippen molar-refractivity contribution in [1.82, 2.24) is 14.9 Å². The Morgan fingerprint density at radius 2 is 1.62 bits per heavy atom. The molecule has 1 spiro atoms. The summed E-state index contributed by atoms with van der Waals surface area (Å²) in [5.41, 5.74) is 1.49. The minimum absolute atomic E-state index is 0.197. The van der Waals surface area contributed by atoms with Crippen LogP contribution in [0.2, 0.25) is 0 Å². The first-order chi connectivity index (χ1) is 18.2. The van der Waals surface area contributed by atoms with E-state index in [1.807, 2.05) is 24.4 Å². The normalized spacial score (nSPS) is 18.8. The van der Waals surface area contributed by atoms with Gasteiger partial charge in [0.25, 0.3) is 0 Å². The lowest BCUT2D eigenvalue weighted by atomic mass is 9.76. The number of carbonyl (C=O) groups is 2. The molecule has 0 amide bonds. The molecule has 2 aromatic heterocycles. The lowest BCUT2D eigenvalue weighted by molar-refractivity contribution is -0.193. The van der Waals surface area contributed by atoms with Crippen LogP contribution in [-0.2, 0) is 20.9 Å². The SMILES string of the molecule is O=C(O)C(F)(F)F.O=C(O)C(F)(F)F.c1ccc(CN2CCC3(CC2)COC(COc2cccnc2)C3)nc1. The number of ether oxygens (including phenoxy) is 2. The molecule has 216 valence electrons. The molecule has 0 aliphatic carbocycles. The number of carboxylic acid groups (broad SMARTS) is 2. The molecule has 2 aromatic rings. The molecule has 4 heterocycles. The molecule has 4 rings (SSSR count). The molecular formula is C24H27F6N3O6. The van der Waals surface area contributed by atoms with Crippen LogP contribution in [-0.4, -0.2) is 81.8 Å². The van der Waals surface area contributed by atoms with Gasteiger partial charge in [0, 0.05) is 18.9 Å². The van der Waals surface area contributed by atoms with Gasteiger partial charge in [-0.1, -0.05) is 6.07 Å². The van der Waals surface area contributed by atoms with Crippen LogP contribution in [0.4, 0.5) is 26.3 Å².